The Labute approximate surface area is 239 Å². The van der Waals surface area contributed by atoms with Crippen LogP contribution in [0, 0.1) is 5.92 Å². The van der Waals surface area contributed by atoms with Gasteiger partial charge in [0, 0.05) is 49.9 Å². The fourth-order valence-corrected chi connectivity index (χ4v) is 6.88. The number of anilines is 1. The van der Waals surface area contributed by atoms with Gasteiger partial charge in [-0.1, -0.05) is 24.3 Å². The number of aromatic nitrogens is 1. The maximum Gasteiger partial charge on any atom is 0.240 e. The van der Waals surface area contributed by atoms with Gasteiger partial charge < -0.3 is 15.5 Å². The predicted octanol–water partition coefficient (Wildman–Crippen LogP) is 4.80. The lowest BCUT2D eigenvalue weighted by atomic mass is 9.80. The molecule has 11 heteroatoms. The van der Waals surface area contributed by atoms with Crippen molar-refractivity contribution in [3.8, 4) is 0 Å². The average Bonchev–Trinajstić information content (AvgIpc) is 3.38. The number of carbonyl (C=O) groups excluding carboxylic acids is 1. The van der Waals surface area contributed by atoms with Gasteiger partial charge in [0.25, 0.3) is 0 Å². The minimum atomic E-state index is -0.317. The van der Waals surface area contributed by atoms with Gasteiger partial charge in [-0.2, -0.15) is 0 Å². The topological polar surface area (TPSA) is 65.7 Å². The average molecular weight is 628 g/mol. The molecule has 1 aromatic carbocycles. The summed E-state index contributed by atoms with van der Waals surface area (Å²) in [6.07, 6.45) is 4.43. The van der Waals surface area contributed by atoms with Gasteiger partial charge in [-0.25, -0.2) is 4.98 Å². The lowest BCUT2D eigenvalue weighted by Gasteiger charge is -2.43. The van der Waals surface area contributed by atoms with Gasteiger partial charge in [0.2, 0.25) is 5.91 Å². The standard InChI is InChI=1S/C24H32BrN5OS.3ClH/c25-21-15-18-3-1-2-4-20(18)23(27-21)29-11-9-28(10-12-29)19-7-5-17(6-8-19)22(26)24(31)30-13-14-32-16-30;;;/h1-4,15,17,19,22H,5-14,16,26H2;3*1H/t17-,19-,22-;;;/m0.../s1. The van der Waals surface area contributed by atoms with E-state index in [4.69, 9.17) is 10.7 Å². The summed E-state index contributed by atoms with van der Waals surface area (Å²) >= 11 is 5.41. The lowest BCUT2D eigenvalue weighted by molar-refractivity contribution is -0.132. The Morgan fingerprint density at radius 3 is 2.37 bits per heavy atom. The lowest BCUT2D eigenvalue weighted by Crippen LogP contribution is -2.53. The highest BCUT2D eigenvalue weighted by atomic mass is 79.9. The maximum atomic E-state index is 12.7. The number of halogens is 4. The largest absolute Gasteiger partial charge is 0.353 e. The highest BCUT2D eigenvalue weighted by Crippen LogP contribution is 2.33. The number of hydrogen-bond acceptors (Lipinski definition) is 6. The van der Waals surface area contributed by atoms with Gasteiger partial charge in [0.05, 0.1) is 11.9 Å². The van der Waals surface area contributed by atoms with Crippen LogP contribution in [0.4, 0.5) is 5.82 Å². The number of piperazine rings is 1. The van der Waals surface area contributed by atoms with Crippen molar-refractivity contribution in [3.05, 3.63) is 34.9 Å². The Morgan fingerprint density at radius 1 is 1.03 bits per heavy atom. The Balaban J connectivity index is 0.00000144. The van der Waals surface area contributed by atoms with Gasteiger partial charge in [0.1, 0.15) is 10.4 Å². The third kappa shape index (κ3) is 6.89. The SMILES string of the molecule is Cl.Cl.Cl.N[C@H](C(=O)N1CCSC1)[C@H]1CC[C@H](N2CCN(c3nc(Br)cc4ccccc34)CC2)CC1. The Kier molecular flexibility index (Phi) is 12.2. The van der Waals surface area contributed by atoms with Gasteiger partial charge in [-0.05, 0) is 59.0 Å². The highest BCUT2D eigenvalue weighted by molar-refractivity contribution is 9.10. The molecule has 0 unspecified atom stereocenters. The number of rotatable bonds is 4. The summed E-state index contributed by atoms with van der Waals surface area (Å²) in [5.41, 5.74) is 6.40. The number of fused-ring (bicyclic) bond motifs is 1. The first-order chi connectivity index (χ1) is 15.6. The third-order valence-electron chi connectivity index (χ3n) is 7.42. The van der Waals surface area contributed by atoms with Crippen LogP contribution in [0.25, 0.3) is 10.8 Å². The zero-order chi connectivity index (χ0) is 22.1. The van der Waals surface area contributed by atoms with Crippen molar-refractivity contribution >= 4 is 87.4 Å². The summed E-state index contributed by atoms with van der Waals surface area (Å²) < 4.78 is 0.894. The van der Waals surface area contributed by atoms with Crippen LogP contribution in [0.3, 0.4) is 0 Å². The molecule has 3 aliphatic rings. The second kappa shape index (κ2) is 13.9. The Bertz CT molecular complexity index is 967. The van der Waals surface area contributed by atoms with Crippen LogP contribution in [-0.4, -0.2) is 77.1 Å². The number of amides is 1. The van der Waals surface area contributed by atoms with Gasteiger partial charge in [0.15, 0.2) is 0 Å². The second-order valence-corrected chi connectivity index (χ2v) is 11.1. The van der Waals surface area contributed by atoms with E-state index < -0.39 is 0 Å². The summed E-state index contributed by atoms with van der Waals surface area (Å²) in [6.45, 7) is 4.98. The molecule has 1 aromatic heterocycles. The summed E-state index contributed by atoms with van der Waals surface area (Å²) in [5, 5.41) is 2.45. The molecule has 0 spiro atoms. The fraction of sp³-hybridized carbons (Fsp3) is 0.583. The first-order valence-electron chi connectivity index (χ1n) is 11.8. The third-order valence-corrected chi connectivity index (χ3v) is 8.79. The molecule has 2 saturated heterocycles. The molecule has 1 aliphatic carbocycles. The van der Waals surface area contributed by atoms with Crippen molar-refractivity contribution in [2.75, 3.05) is 49.3 Å². The molecule has 0 radical (unpaired) electrons. The number of hydrogen-bond donors (Lipinski definition) is 1. The molecule has 2 aromatic rings. The predicted molar refractivity (Wildman–Crippen MR) is 158 cm³/mol. The fourth-order valence-electron chi connectivity index (χ4n) is 5.51. The summed E-state index contributed by atoms with van der Waals surface area (Å²) in [6, 6.07) is 10.9. The Hall–Kier alpha value is -0.480. The molecule has 3 fully saturated rings. The summed E-state index contributed by atoms with van der Waals surface area (Å²) in [4.78, 5) is 24.5. The van der Waals surface area contributed by atoms with Crippen molar-refractivity contribution < 1.29 is 4.79 Å². The van der Waals surface area contributed by atoms with Crippen LogP contribution < -0.4 is 10.6 Å². The minimum Gasteiger partial charge on any atom is -0.353 e. The van der Waals surface area contributed by atoms with Gasteiger partial charge >= 0.3 is 0 Å². The van der Waals surface area contributed by atoms with Gasteiger partial charge in [-0.3, -0.25) is 9.69 Å². The molecular formula is C24H35BrCl3N5OS. The van der Waals surface area contributed by atoms with Crippen molar-refractivity contribution in [1.29, 1.82) is 0 Å². The zero-order valence-electron chi connectivity index (χ0n) is 19.7. The number of benzene rings is 1. The second-order valence-electron chi connectivity index (χ2n) is 9.25. The molecule has 2 N–H and O–H groups in total. The molecule has 5 rings (SSSR count). The van der Waals surface area contributed by atoms with Crippen molar-refractivity contribution in [2.45, 2.75) is 37.8 Å². The summed E-state index contributed by atoms with van der Waals surface area (Å²) in [5.74, 6) is 3.45. The molecule has 1 saturated carbocycles. The first kappa shape index (κ1) is 30.7. The molecule has 3 heterocycles. The molecule has 2 aliphatic heterocycles. The molecular weight excluding hydrogens is 593 g/mol. The number of nitrogens with zero attached hydrogens (tertiary/aromatic N) is 4. The van der Waals surface area contributed by atoms with E-state index in [1.165, 1.54) is 10.8 Å². The van der Waals surface area contributed by atoms with Crippen LogP contribution in [0.1, 0.15) is 25.7 Å². The molecule has 196 valence electrons. The van der Waals surface area contributed by atoms with E-state index in [0.717, 1.165) is 80.5 Å². The van der Waals surface area contributed by atoms with Crippen LogP contribution in [0.5, 0.6) is 0 Å². The molecule has 0 bridgehead atoms. The van der Waals surface area contributed by atoms with Crippen molar-refractivity contribution in [3.63, 3.8) is 0 Å². The zero-order valence-corrected chi connectivity index (χ0v) is 24.5. The smallest absolute Gasteiger partial charge is 0.240 e. The number of thioether (sulfide) groups is 1. The quantitative estimate of drug-likeness (QED) is 0.492. The molecule has 1 amide bonds. The van der Waals surface area contributed by atoms with E-state index in [1.54, 1.807) is 0 Å². The van der Waals surface area contributed by atoms with E-state index in [0.29, 0.717) is 12.0 Å². The number of nitrogens with two attached hydrogens (primary N) is 1. The minimum absolute atomic E-state index is 0. The highest BCUT2D eigenvalue weighted by Gasteiger charge is 2.35. The van der Waals surface area contributed by atoms with E-state index in [9.17, 15) is 4.79 Å². The van der Waals surface area contributed by atoms with E-state index >= 15 is 0 Å². The van der Waals surface area contributed by atoms with E-state index in [1.807, 2.05) is 16.7 Å². The van der Waals surface area contributed by atoms with E-state index in [-0.39, 0.29) is 49.2 Å². The monoisotopic (exact) mass is 625 g/mol. The van der Waals surface area contributed by atoms with Crippen LogP contribution in [-0.2, 0) is 4.79 Å². The molecule has 6 nitrogen and oxygen atoms in total. The number of carbonyl (C=O) groups is 1. The van der Waals surface area contributed by atoms with Crippen molar-refractivity contribution in [2.24, 2.45) is 11.7 Å². The molecule has 1 atom stereocenters. The van der Waals surface area contributed by atoms with Crippen LogP contribution in [0.15, 0.2) is 34.9 Å². The number of pyridine rings is 1. The first-order valence-corrected chi connectivity index (χ1v) is 13.7. The Morgan fingerprint density at radius 2 is 1.71 bits per heavy atom. The summed E-state index contributed by atoms with van der Waals surface area (Å²) in [7, 11) is 0. The normalized spacial score (nSPS) is 23.7. The van der Waals surface area contributed by atoms with E-state index in [2.05, 4.69) is 56.1 Å². The maximum absolute atomic E-state index is 12.7. The molecule has 35 heavy (non-hydrogen) atoms. The van der Waals surface area contributed by atoms with Crippen molar-refractivity contribution in [1.82, 2.24) is 14.8 Å². The van der Waals surface area contributed by atoms with Gasteiger partial charge in [-0.15, -0.1) is 49.0 Å². The van der Waals surface area contributed by atoms with Crippen LogP contribution >= 0.6 is 64.9 Å². The van der Waals surface area contributed by atoms with Crippen LogP contribution in [0.2, 0.25) is 0 Å².